The molecule has 1 atom stereocenters. The third-order valence-electron chi connectivity index (χ3n) is 3.49. The van der Waals surface area contributed by atoms with Gasteiger partial charge in [-0.1, -0.05) is 26.0 Å². The molecule has 0 bridgehead atoms. The first-order valence-electron chi connectivity index (χ1n) is 7.02. The molecular formula is C17H21NO3. The van der Waals surface area contributed by atoms with E-state index >= 15 is 0 Å². The van der Waals surface area contributed by atoms with Gasteiger partial charge in [0.15, 0.2) is 0 Å². The number of carbonyl (C=O) groups excluding carboxylic acids is 1. The van der Waals surface area contributed by atoms with Crippen LogP contribution < -0.4 is 0 Å². The summed E-state index contributed by atoms with van der Waals surface area (Å²) in [5.74, 6) is -0.134. The third-order valence-corrected chi connectivity index (χ3v) is 3.49. The van der Waals surface area contributed by atoms with Crippen LogP contribution >= 0.6 is 0 Å². The van der Waals surface area contributed by atoms with Gasteiger partial charge < -0.3 is 14.4 Å². The minimum atomic E-state index is -0.437. The summed E-state index contributed by atoms with van der Waals surface area (Å²) in [7, 11) is 1.37. The number of carbonyl (C=O) groups is 1. The van der Waals surface area contributed by atoms with Crippen molar-refractivity contribution in [3.63, 3.8) is 0 Å². The number of nitrogens with zero attached hydrogens (tertiary/aromatic N) is 1. The van der Waals surface area contributed by atoms with Gasteiger partial charge in [-0.3, -0.25) is 0 Å². The Morgan fingerprint density at radius 2 is 1.90 bits per heavy atom. The van der Waals surface area contributed by atoms with Crippen molar-refractivity contribution in [2.24, 2.45) is 5.92 Å². The minimum absolute atomic E-state index is 0.195. The Kier molecular flexibility index (Phi) is 4.81. The molecule has 0 aliphatic carbocycles. The zero-order chi connectivity index (χ0) is 15.4. The van der Waals surface area contributed by atoms with Crippen LogP contribution in [0, 0.1) is 5.92 Å². The molecule has 0 aliphatic heterocycles. The van der Waals surface area contributed by atoms with Crippen LogP contribution in [0.15, 0.2) is 42.7 Å². The quantitative estimate of drug-likeness (QED) is 0.860. The lowest BCUT2D eigenvalue weighted by Crippen LogP contribution is -2.05. The molecule has 0 spiro atoms. The van der Waals surface area contributed by atoms with Crippen molar-refractivity contribution in [1.82, 2.24) is 4.57 Å². The topological polar surface area (TPSA) is 51.5 Å². The van der Waals surface area contributed by atoms with E-state index < -0.39 is 6.10 Å². The molecule has 2 rings (SSSR count). The van der Waals surface area contributed by atoms with Crippen molar-refractivity contribution in [3.8, 4) is 0 Å². The van der Waals surface area contributed by atoms with Crippen LogP contribution in [0.3, 0.4) is 0 Å². The summed E-state index contributed by atoms with van der Waals surface area (Å²) >= 11 is 0. The highest BCUT2D eigenvalue weighted by Crippen LogP contribution is 2.21. The van der Waals surface area contributed by atoms with E-state index in [9.17, 15) is 9.90 Å². The zero-order valence-corrected chi connectivity index (χ0v) is 12.6. The number of hydrogen-bond donors (Lipinski definition) is 1. The average molecular weight is 287 g/mol. The second-order valence-electron chi connectivity index (χ2n) is 5.49. The van der Waals surface area contributed by atoms with Crippen molar-refractivity contribution >= 4 is 5.97 Å². The summed E-state index contributed by atoms with van der Waals surface area (Å²) in [6.07, 6.45) is 3.47. The number of aromatic nitrogens is 1. The SMILES string of the molecule is COC(=O)c1ccc(Cn2ccc(C(O)C(C)C)c2)cc1. The molecule has 0 saturated carbocycles. The second-order valence-corrected chi connectivity index (χ2v) is 5.49. The predicted octanol–water partition coefficient (Wildman–Crippen LogP) is 3.01. The predicted molar refractivity (Wildman–Crippen MR) is 81.1 cm³/mol. The first kappa shape index (κ1) is 15.3. The molecule has 0 radical (unpaired) electrons. The maximum atomic E-state index is 11.4. The number of aliphatic hydroxyl groups excluding tert-OH is 1. The molecule has 4 nitrogen and oxygen atoms in total. The number of hydrogen-bond acceptors (Lipinski definition) is 3. The standard InChI is InChI=1S/C17H21NO3/c1-12(2)16(19)15-8-9-18(11-15)10-13-4-6-14(7-5-13)17(20)21-3/h4-9,11-12,16,19H,10H2,1-3H3. The van der Waals surface area contributed by atoms with E-state index in [1.807, 2.05) is 49.0 Å². The summed E-state index contributed by atoms with van der Waals surface area (Å²) in [6.45, 7) is 4.69. The van der Waals surface area contributed by atoms with Gasteiger partial charge in [0.25, 0.3) is 0 Å². The molecule has 1 N–H and O–H groups in total. The lowest BCUT2D eigenvalue weighted by molar-refractivity contribution is 0.0600. The molecule has 1 heterocycles. The monoisotopic (exact) mass is 287 g/mol. The van der Waals surface area contributed by atoms with E-state index in [0.717, 1.165) is 11.1 Å². The van der Waals surface area contributed by atoms with Crippen LogP contribution in [0.1, 0.15) is 41.4 Å². The Bertz CT molecular complexity index is 599. The molecule has 0 amide bonds. The van der Waals surface area contributed by atoms with Crippen molar-refractivity contribution in [3.05, 3.63) is 59.4 Å². The van der Waals surface area contributed by atoms with E-state index in [0.29, 0.717) is 12.1 Å². The first-order chi connectivity index (χ1) is 10.0. The van der Waals surface area contributed by atoms with Crippen LogP contribution in [-0.4, -0.2) is 22.8 Å². The Hall–Kier alpha value is -2.07. The summed E-state index contributed by atoms with van der Waals surface area (Å²) in [5, 5.41) is 10.0. The Morgan fingerprint density at radius 3 is 2.48 bits per heavy atom. The minimum Gasteiger partial charge on any atom is -0.465 e. The number of aliphatic hydroxyl groups is 1. The number of esters is 1. The van der Waals surface area contributed by atoms with Gasteiger partial charge >= 0.3 is 5.97 Å². The van der Waals surface area contributed by atoms with Gasteiger partial charge in [-0.25, -0.2) is 4.79 Å². The molecule has 0 aliphatic rings. The van der Waals surface area contributed by atoms with Crippen LogP contribution in [0.4, 0.5) is 0 Å². The third kappa shape index (κ3) is 3.73. The fourth-order valence-corrected chi connectivity index (χ4v) is 2.19. The maximum absolute atomic E-state index is 11.4. The smallest absolute Gasteiger partial charge is 0.337 e. The van der Waals surface area contributed by atoms with Crippen molar-refractivity contribution in [1.29, 1.82) is 0 Å². The van der Waals surface area contributed by atoms with Crippen LogP contribution in [0.2, 0.25) is 0 Å². The number of methoxy groups -OCH3 is 1. The Labute approximate surface area is 125 Å². The lowest BCUT2D eigenvalue weighted by atomic mass is 10.0. The van der Waals surface area contributed by atoms with E-state index in [-0.39, 0.29) is 11.9 Å². The zero-order valence-electron chi connectivity index (χ0n) is 12.6. The van der Waals surface area contributed by atoms with Gasteiger partial charge in [-0.2, -0.15) is 0 Å². The average Bonchev–Trinajstić information content (AvgIpc) is 2.94. The van der Waals surface area contributed by atoms with Gasteiger partial charge in [0.2, 0.25) is 0 Å². The maximum Gasteiger partial charge on any atom is 0.337 e. The first-order valence-corrected chi connectivity index (χ1v) is 7.02. The summed E-state index contributed by atoms with van der Waals surface area (Å²) < 4.78 is 6.70. The highest BCUT2D eigenvalue weighted by atomic mass is 16.5. The normalized spacial score (nSPS) is 12.4. The van der Waals surface area contributed by atoms with Crippen LogP contribution in [-0.2, 0) is 11.3 Å². The van der Waals surface area contributed by atoms with Crippen molar-refractivity contribution < 1.29 is 14.6 Å². The summed E-state index contributed by atoms with van der Waals surface area (Å²) in [6, 6.07) is 9.27. The van der Waals surface area contributed by atoms with Gasteiger partial charge in [0.1, 0.15) is 0 Å². The Balaban J connectivity index is 2.07. The van der Waals surface area contributed by atoms with E-state index in [2.05, 4.69) is 4.74 Å². The van der Waals surface area contributed by atoms with Crippen molar-refractivity contribution in [2.45, 2.75) is 26.5 Å². The molecule has 0 saturated heterocycles. The fourth-order valence-electron chi connectivity index (χ4n) is 2.19. The molecule has 1 aromatic heterocycles. The molecular weight excluding hydrogens is 266 g/mol. The number of benzene rings is 1. The highest BCUT2D eigenvalue weighted by Gasteiger charge is 2.13. The summed E-state index contributed by atoms with van der Waals surface area (Å²) in [5.41, 5.74) is 2.56. The van der Waals surface area contributed by atoms with Crippen molar-refractivity contribution in [2.75, 3.05) is 7.11 Å². The summed E-state index contributed by atoms with van der Waals surface area (Å²) in [4.78, 5) is 11.4. The number of ether oxygens (including phenoxy) is 1. The van der Waals surface area contributed by atoms with Gasteiger partial charge in [-0.05, 0) is 35.2 Å². The fraction of sp³-hybridized carbons (Fsp3) is 0.353. The molecule has 1 aromatic carbocycles. The molecule has 112 valence electrons. The largest absolute Gasteiger partial charge is 0.465 e. The number of rotatable bonds is 5. The van der Waals surface area contributed by atoms with Crippen LogP contribution in [0.25, 0.3) is 0 Å². The second kappa shape index (κ2) is 6.59. The van der Waals surface area contributed by atoms with E-state index in [1.54, 1.807) is 12.1 Å². The lowest BCUT2D eigenvalue weighted by Gasteiger charge is -2.12. The van der Waals surface area contributed by atoms with Gasteiger partial charge in [-0.15, -0.1) is 0 Å². The van der Waals surface area contributed by atoms with Gasteiger partial charge in [0.05, 0.1) is 18.8 Å². The van der Waals surface area contributed by atoms with E-state index in [4.69, 9.17) is 0 Å². The molecule has 4 heteroatoms. The molecule has 0 fully saturated rings. The van der Waals surface area contributed by atoms with E-state index in [1.165, 1.54) is 7.11 Å². The van der Waals surface area contributed by atoms with Gasteiger partial charge in [0, 0.05) is 18.9 Å². The molecule has 1 unspecified atom stereocenters. The molecule has 2 aromatic rings. The highest BCUT2D eigenvalue weighted by molar-refractivity contribution is 5.89. The molecule has 21 heavy (non-hydrogen) atoms. The Morgan fingerprint density at radius 1 is 1.24 bits per heavy atom. The van der Waals surface area contributed by atoms with Crippen LogP contribution in [0.5, 0.6) is 0 Å².